The minimum Gasteiger partial charge on any atom is -0.496 e. The van der Waals surface area contributed by atoms with Crippen LogP contribution in [0.3, 0.4) is 0 Å². The van der Waals surface area contributed by atoms with Crippen molar-refractivity contribution in [2.45, 2.75) is 6.04 Å². The Balaban J connectivity index is 2.53. The maximum atomic E-state index is 5.51. The molecule has 0 aliphatic heterocycles. The molecule has 0 amide bonds. The zero-order valence-corrected chi connectivity index (χ0v) is 15.9. The van der Waals surface area contributed by atoms with Crippen LogP contribution in [0.25, 0.3) is 0 Å². The minimum absolute atomic E-state index is 0.0757. The Morgan fingerprint density at radius 3 is 2.40 bits per heavy atom. The molecule has 3 nitrogen and oxygen atoms in total. The third-order valence-electron chi connectivity index (χ3n) is 3.02. The lowest BCUT2D eigenvalue weighted by atomic mass is 10.00. The molecule has 1 atom stereocenters. The maximum absolute atomic E-state index is 5.51. The fourth-order valence-corrected chi connectivity index (χ4v) is 3.97. The first-order valence-corrected chi connectivity index (χ1v) is 8.68. The molecule has 1 unspecified atom stereocenters. The van der Waals surface area contributed by atoms with E-state index in [2.05, 4.69) is 55.3 Å². The summed E-state index contributed by atoms with van der Waals surface area (Å²) in [5.41, 5.74) is 2.29. The smallest absolute Gasteiger partial charge is 0.133 e. The highest BCUT2D eigenvalue weighted by Gasteiger charge is 2.20. The zero-order chi connectivity index (χ0) is 14.7. The first-order chi connectivity index (χ1) is 9.60. The van der Waals surface area contributed by atoms with E-state index in [9.17, 15) is 0 Å². The average molecular weight is 468 g/mol. The van der Waals surface area contributed by atoms with Crippen LogP contribution in [-0.2, 0) is 0 Å². The van der Waals surface area contributed by atoms with Crippen molar-refractivity contribution in [3.8, 4) is 11.5 Å². The van der Waals surface area contributed by atoms with Crippen molar-refractivity contribution >= 4 is 49.9 Å². The van der Waals surface area contributed by atoms with Crippen LogP contribution in [0.4, 0.5) is 0 Å². The molecular weight excluding hydrogens is 453 g/mol. The van der Waals surface area contributed by atoms with Crippen LogP contribution in [0, 0.1) is 2.88 Å². The quantitative estimate of drug-likeness (QED) is 0.659. The molecule has 108 valence electrons. The standard InChI is InChI=1S/C14H15BrINO2S/c1-17-14(8-4-13(16)20-7-8)9-5-12(19-3)10(15)6-11(9)18-2/h4-7,14,17H,1-3H3. The van der Waals surface area contributed by atoms with E-state index in [1.807, 2.05) is 19.2 Å². The fraction of sp³-hybridized carbons (Fsp3) is 0.286. The molecule has 0 radical (unpaired) electrons. The summed E-state index contributed by atoms with van der Waals surface area (Å²) >= 11 is 7.56. The number of ether oxygens (including phenoxy) is 2. The minimum atomic E-state index is 0.0757. The molecule has 0 spiro atoms. The van der Waals surface area contributed by atoms with E-state index >= 15 is 0 Å². The van der Waals surface area contributed by atoms with Gasteiger partial charge in [0.2, 0.25) is 0 Å². The van der Waals surface area contributed by atoms with Gasteiger partial charge in [0.1, 0.15) is 11.5 Å². The van der Waals surface area contributed by atoms with Crippen molar-refractivity contribution in [3.63, 3.8) is 0 Å². The number of hydrogen-bond acceptors (Lipinski definition) is 4. The highest BCUT2D eigenvalue weighted by Crippen LogP contribution is 2.38. The Bertz CT molecular complexity index is 603. The second-order valence-electron chi connectivity index (χ2n) is 4.13. The van der Waals surface area contributed by atoms with E-state index in [1.165, 1.54) is 8.45 Å². The highest BCUT2D eigenvalue weighted by molar-refractivity contribution is 14.1. The number of halogens is 2. The van der Waals surface area contributed by atoms with E-state index in [4.69, 9.17) is 9.47 Å². The zero-order valence-electron chi connectivity index (χ0n) is 11.4. The van der Waals surface area contributed by atoms with Gasteiger partial charge in [0.15, 0.2) is 0 Å². The molecule has 0 saturated carbocycles. The van der Waals surface area contributed by atoms with Gasteiger partial charge in [-0.1, -0.05) is 0 Å². The topological polar surface area (TPSA) is 30.5 Å². The van der Waals surface area contributed by atoms with Crippen molar-refractivity contribution in [2.24, 2.45) is 0 Å². The summed E-state index contributed by atoms with van der Waals surface area (Å²) in [6.45, 7) is 0. The van der Waals surface area contributed by atoms with Gasteiger partial charge < -0.3 is 14.8 Å². The molecule has 1 aromatic carbocycles. The normalized spacial score (nSPS) is 12.2. The van der Waals surface area contributed by atoms with Gasteiger partial charge in [-0.25, -0.2) is 0 Å². The Morgan fingerprint density at radius 2 is 1.90 bits per heavy atom. The second kappa shape index (κ2) is 7.11. The highest BCUT2D eigenvalue weighted by atomic mass is 127. The lowest BCUT2D eigenvalue weighted by Crippen LogP contribution is -2.18. The van der Waals surface area contributed by atoms with Crippen molar-refractivity contribution in [2.75, 3.05) is 21.3 Å². The summed E-state index contributed by atoms with van der Waals surface area (Å²) in [5, 5.41) is 5.51. The van der Waals surface area contributed by atoms with Gasteiger partial charge in [-0.15, -0.1) is 11.3 Å². The van der Waals surface area contributed by atoms with Gasteiger partial charge in [-0.3, -0.25) is 0 Å². The van der Waals surface area contributed by atoms with Crippen LogP contribution in [0.2, 0.25) is 0 Å². The Kier molecular flexibility index (Phi) is 5.71. The average Bonchev–Trinajstić information content (AvgIpc) is 2.87. The molecule has 1 N–H and O–H groups in total. The number of nitrogens with one attached hydrogen (secondary N) is 1. The third-order valence-corrected chi connectivity index (χ3v) is 5.45. The summed E-state index contributed by atoms with van der Waals surface area (Å²) in [5.74, 6) is 1.63. The van der Waals surface area contributed by atoms with Gasteiger partial charge in [-0.2, -0.15) is 0 Å². The molecule has 0 bridgehead atoms. The summed E-state index contributed by atoms with van der Waals surface area (Å²) in [7, 11) is 5.29. The second-order valence-corrected chi connectivity index (χ2v) is 7.79. The lowest BCUT2D eigenvalue weighted by Gasteiger charge is -2.20. The van der Waals surface area contributed by atoms with Crippen LogP contribution in [-0.4, -0.2) is 21.3 Å². The Morgan fingerprint density at radius 1 is 1.20 bits per heavy atom. The van der Waals surface area contributed by atoms with Crippen molar-refractivity contribution < 1.29 is 9.47 Å². The molecule has 2 aromatic rings. The lowest BCUT2D eigenvalue weighted by molar-refractivity contribution is 0.393. The maximum Gasteiger partial charge on any atom is 0.133 e. The van der Waals surface area contributed by atoms with Crippen LogP contribution in [0.15, 0.2) is 28.1 Å². The largest absolute Gasteiger partial charge is 0.496 e. The van der Waals surface area contributed by atoms with Crippen LogP contribution >= 0.6 is 49.9 Å². The Labute approximate surface area is 144 Å². The predicted octanol–water partition coefficient (Wildman–Crippen LogP) is 4.44. The van der Waals surface area contributed by atoms with E-state index in [1.54, 1.807) is 25.6 Å². The van der Waals surface area contributed by atoms with Gasteiger partial charge in [0, 0.05) is 5.56 Å². The number of rotatable bonds is 5. The van der Waals surface area contributed by atoms with Crippen LogP contribution in [0.1, 0.15) is 17.2 Å². The molecule has 0 aliphatic carbocycles. The molecule has 1 heterocycles. The van der Waals surface area contributed by atoms with E-state index in [-0.39, 0.29) is 6.04 Å². The van der Waals surface area contributed by atoms with E-state index in [0.717, 1.165) is 21.5 Å². The summed E-state index contributed by atoms with van der Waals surface area (Å²) in [4.78, 5) is 0. The monoisotopic (exact) mass is 467 g/mol. The van der Waals surface area contributed by atoms with Gasteiger partial charge in [-0.05, 0) is 74.7 Å². The van der Waals surface area contributed by atoms with Crippen LogP contribution < -0.4 is 14.8 Å². The first kappa shape index (κ1) is 16.1. The fourth-order valence-electron chi connectivity index (χ4n) is 2.09. The number of methoxy groups -OCH3 is 2. The molecule has 0 fully saturated rings. The van der Waals surface area contributed by atoms with E-state index < -0.39 is 0 Å². The Hall–Kier alpha value is -0.310. The number of benzene rings is 1. The van der Waals surface area contributed by atoms with Crippen molar-refractivity contribution in [1.29, 1.82) is 0 Å². The SMILES string of the molecule is CNC(c1csc(I)c1)c1cc(OC)c(Br)cc1OC. The molecule has 2 rings (SSSR count). The van der Waals surface area contributed by atoms with Crippen molar-refractivity contribution in [1.82, 2.24) is 5.32 Å². The summed E-state index contributed by atoms with van der Waals surface area (Å²) in [6.07, 6.45) is 0. The molecule has 20 heavy (non-hydrogen) atoms. The summed E-state index contributed by atoms with van der Waals surface area (Å²) < 4.78 is 13.1. The van der Waals surface area contributed by atoms with Crippen molar-refractivity contribution in [3.05, 3.63) is 42.1 Å². The third kappa shape index (κ3) is 3.29. The van der Waals surface area contributed by atoms with E-state index in [0.29, 0.717) is 0 Å². The number of thiophene rings is 1. The first-order valence-electron chi connectivity index (χ1n) is 5.93. The number of hydrogen-bond donors (Lipinski definition) is 1. The summed E-state index contributed by atoms with van der Waals surface area (Å²) in [6, 6.07) is 6.21. The van der Waals surface area contributed by atoms with Crippen LogP contribution in [0.5, 0.6) is 11.5 Å². The molecule has 1 aromatic heterocycles. The molecular formula is C14H15BrINO2S. The van der Waals surface area contributed by atoms with Gasteiger partial charge in [0.25, 0.3) is 0 Å². The predicted molar refractivity (Wildman–Crippen MR) is 95.2 cm³/mol. The van der Waals surface area contributed by atoms with Gasteiger partial charge in [0.05, 0.1) is 27.6 Å². The molecule has 0 saturated heterocycles. The molecule has 6 heteroatoms. The molecule has 0 aliphatic rings. The van der Waals surface area contributed by atoms with Gasteiger partial charge >= 0.3 is 0 Å².